The number of nitrogens with zero attached hydrogens (tertiary/aromatic N) is 5. The Morgan fingerprint density at radius 1 is 1.00 bits per heavy atom. The second-order valence-electron chi connectivity index (χ2n) is 7.46. The zero-order chi connectivity index (χ0) is 22.8. The lowest BCUT2D eigenvalue weighted by Gasteiger charge is -2.15. The van der Waals surface area contributed by atoms with Gasteiger partial charge in [0, 0.05) is 48.3 Å². The fraction of sp³-hybridized carbons (Fsp3) is 0.120. The number of ether oxygens (including phenoxy) is 2. The van der Waals surface area contributed by atoms with Crippen molar-refractivity contribution in [1.82, 2.24) is 24.7 Å². The van der Waals surface area contributed by atoms with Gasteiger partial charge in [0.05, 0.1) is 22.5 Å². The third-order valence-corrected chi connectivity index (χ3v) is 5.54. The van der Waals surface area contributed by atoms with Gasteiger partial charge in [-0.2, -0.15) is 5.10 Å². The first-order valence-corrected chi connectivity index (χ1v) is 10.7. The number of aromatic nitrogens is 5. The molecule has 0 fully saturated rings. The highest BCUT2D eigenvalue weighted by atomic mass is 35.5. The average molecular weight is 458 g/mol. The largest absolute Gasteiger partial charge is 0.486 e. The lowest BCUT2D eigenvalue weighted by atomic mass is 10.0. The van der Waals surface area contributed by atoms with Crippen LogP contribution in [0.4, 0.5) is 0 Å². The molecule has 33 heavy (non-hydrogen) atoms. The highest BCUT2D eigenvalue weighted by Crippen LogP contribution is 2.35. The third kappa shape index (κ3) is 4.23. The standard InChI is InChI=1S/C25H20ClN5O2/c1-16-12-18(21-9-11-29-31(21)2)17-6-5-7-22(25(17)30-16)32-15-19-20(26)13-27-14-23(19)33-24-8-3-4-10-28-24/h3-14H,15H2,1-2H3. The maximum Gasteiger partial charge on any atom is 0.219 e. The molecule has 7 nitrogen and oxygen atoms in total. The average Bonchev–Trinajstić information content (AvgIpc) is 3.24. The van der Waals surface area contributed by atoms with Gasteiger partial charge in [-0.05, 0) is 31.2 Å². The summed E-state index contributed by atoms with van der Waals surface area (Å²) in [5.41, 5.74) is 4.38. The number of aryl methyl sites for hydroxylation is 2. The van der Waals surface area contributed by atoms with E-state index in [0.717, 1.165) is 27.9 Å². The second kappa shape index (κ2) is 8.88. The van der Waals surface area contributed by atoms with Crippen molar-refractivity contribution in [1.29, 1.82) is 0 Å². The van der Waals surface area contributed by atoms with E-state index in [1.165, 1.54) is 0 Å². The van der Waals surface area contributed by atoms with Crippen LogP contribution in [-0.2, 0) is 13.7 Å². The molecule has 0 atom stereocenters. The quantitative estimate of drug-likeness (QED) is 0.323. The minimum atomic E-state index is 0.180. The Morgan fingerprint density at radius 2 is 1.91 bits per heavy atom. The summed E-state index contributed by atoms with van der Waals surface area (Å²) < 4.78 is 14.0. The van der Waals surface area contributed by atoms with Gasteiger partial charge in [-0.15, -0.1) is 0 Å². The van der Waals surface area contributed by atoms with Crippen molar-refractivity contribution in [3.05, 3.63) is 89.6 Å². The van der Waals surface area contributed by atoms with Crippen LogP contribution in [0, 0.1) is 6.92 Å². The summed E-state index contributed by atoms with van der Waals surface area (Å²) in [6, 6.07) is 15.4. The van der Waals surface area contributed by atoms with E-state index in [1.807, 2.05) is 55.1 Å². The van der Waals surface area contributed by atoms with Crippen LogP contribution in [0.2, 0.25) is 5.02 Å². The SMILES string of the molecule is Cc1cc(-c2ccnn2C)c2cccc(OCc3c(Cl)cncc3Oc3ccccn3)c2n1. The second-order valence-corrected chi connectivity index (χ2v) is 7.87. The van der Waals surface area contributed by atoms with Crippen LogP contribution in [0.15, 0.2) is 73.3 Å². The smallest absolute Gasteiger partial charge is 0.219 e. The topological polar surface area (TPSA) is 75.0 Å². The van der Waals surface area contributed by atoms with Crippen molar-refractivity contribution in [2.75, 3.05) is 0 Å². The summed E-state index contributed by atoms with van der Waals surface area (Å²) >= 11 is 6.45. The van der Waals surface area contributed by atoms with Crippen molar-refractivity contribution in [2.24, 2.45) is 7.05 Å². The monoisotopic (exact) mass is 457 g/mol. The molecule has 0 unspecified atom stereocenters. The number of para-hydroxylation sites is 1. The lowest BCUT2D eigenvalue weighted by Crippen LogP contribution is -2.02. The van der Waals surface area contributed by atoms with Crippen molar-refractivity contribution >= 4 is 22.5 Å². The van der Waals surface area contributed by atoms with Crippen LogP contribution in [0.3, 0.4) is 0 Å². The van der Waals surface area contributed by atoms with Gasteiger partial charge in [-0.25, -0.2) is 9.97 Å². The molecule has 0 amide bonds. The van der Waals surface area contributed by atoms with E-state index in [-0.39, 0.29) is 6.61 Å². The normalized spacial score (nSPS) is 11.0. The fourth-order valence-electron chi connectivity index (χ4n) is 3.66. The van der Waals surface area contributed by atoms with Crippen LogP contribution >= 0.6 is 11.6 Å². The van der Waals surface area contributed by atoms with Crippen LogP contribution in [0.5, 0.6) is 17.4 Å². The van der Waals surface area contributed by atoms with Crippen molar-refractivity contribution in [3.8, 4) is 28.6 Å². The van der Waals surface area contributed by atoms with Gasteiger partial charge in [-0.3, -0.25) is 9.67 Å². The zero-order valence-electron chi connectivity index (χ0n) is 18.1. The van der Waals surface area contributed by atoms with E-state index in [1.54, 1.807) is 30.9 Å². The van der Waals surface area contributed by atoms with Gasteiger partial charge in [0.25, 0.3) is 0 Å². The molecule has 5 rings (SSSR count). The Bertz CT molecular complexity index is 1440. The molecule has 5 aromatic rings. The first-order valence-electron chi connectivity index (χ1n) is 10.3. The molecule has 0 saturated heterocycles. The summed E-state index contributed by atoms with van der Waals surface area (Å²) in [4.78, 5) is 13.1. The van der Waals surface area contributed by atoms with Gasteiger partial charge in [0.1, 0.15) is 17.9 Å². The summed E-state index contributed by atoms with van der Waals surface area (Å²) in [7, 11) is 1.92. The summed E-state index contributed by atoms with van der Waals surface area (Å²) in [5.74, 6) is 1.59. The first kappa shape index (κ1) is 20.9. The predicted octanol–water partition coefficient (Wildman–Crippen LogP) is 5.76. The van der Waals surface area contributed by atoms with Crippen LogP contribution < -0.4 is 9.47 Å². The Kier molecular flexibility index (Phi) is 5.62. The number of halogens is 1. The van der Waals surface area contributed by atoms with Crippen LogP contribution in [0.25, 0.3) is 22.2 Å². The third-order valence-electron chi connectivity index (χ3n) is 5.22. The van der Waals surface area contributed by atoms with E-state index in [4.69, 9.17) is 26.1 Å². The number of pyridine rings is 3. The van der Waals surface area contributed by atoms with Crippen molar-refractivity contribution < 1.29 is 9.47 Å². The minimum absolute atomic E-state index is 0.180. The molecule has 0 aliphatic rings. The number of hydrogen-bond acceptors (Lipinski definition) is 6. The van der Waals surface area contributed by atoms with Gasteiger partial charge in [0.15, 0.2) is 5.75 Å². The van der Waals surface area contributed by atoms with E-state index < -0.39 is 0 Å². The van der Waals surface area contributed by atoms with Gasteiger partial charge >= 0.3 is 0 Å². The van der Waals surface area contributed by atoms with Gasteiger partial charge in [0.2, 0.25) is 5.88 Å². The van der Waals surface area contributed by atoms with Crippen LogP contribution in [0.1, 0.15) is 11.3 Å². The van der Waals surface area contributed by atoms with E-state index >= 15 is 0 Å². The van der Waals surface area contributed by atoms with Gasteiger partial charge in [-0.1, -0.05) is 29.8 Å². The summed E-state index contributed by atoms with van der Waals surface area (Å²) in [6.45, 7) is 2.15. The van der Waals surface area contributed by atoms with Gasteiger partial charge < -0.3 is 9.47 Å². The molecule has 0 radical (unpaired) electrons. The molecule has 8 heteroatoms. The fourth-order valence-corrected chi connectivity index (χ4v) is 3.86. The molecular formula is C25H20ClN5O2. The highest BCUT2D eigenvalue weighted by molar-refractivity contribution is 6.31. The zero-order valence-corrected chi connectivity index (χ0v) is 18.8. The maximum atomic E-state index is 6.45. The maximum absolute atomic E-state index is 6.45. The van der Waals surface area contributed by atoms with E-state index in [0.29, 0.717) is 28.0 Å². The Morgan fingerprint density at radius 3 is 2.70 bits per heavy atom. The van der Waals surface area contributed by atoms with Crippen molar-refractivity contribution in [3.63, 3.8) is 0 Å². The molecule has 4 heterocycles. The molecular weight excluding hydrogens is 438 g/mol. The number of rotatable bonds is 6. The van der Waals surface area contributed by atoms with E-state index in [9.17, 15) is 0 Å². The first-order chi connectivity index (χ1) is 16.1. The Labute approximate surface area is 195 Å². The predicted molar refractivity (Wildman–Crippen MR) is 127 cm³/mol. The number of fused-ring (bicyclic) bond motifs is 1. The summed E-state index contributed by atoms with van der Waals surface area (Å²) in [5, 5.41) is 5.73. The molecule has 0 saturated carbocycles. The molecule has 0 aliphatic heterocycles. The molecule has 1 aromatic carbocycles. The summed E-state index contributed by atoms with van der Waals surface area (Å²) in [6.07, 6.45) is 6.61. The number of benzene rings is 1. The minimum Gasteiger partial charge on any atom is -0.486 e. The highest BCUT2D eigenvalue weighted by Gasteiger charge is 2.16. The van der Waals surface area contributed by atoms with E-state index in [2.05, 4.69) is 21.1 Å². The molecule has 0 N–H and O–H groups in total. The molecule has 4 aromatic heterocycles. The molecule has 0 bridgehead atoms. The Hall–Kier alpha value is -3.97. The number of hydrogen-bond donors (Lipinski definition) is 0. The Balaban J connectivity index is 1.50. The molecule has 164 valence electrons. The van der Waals surface area contributed by atoms with Crippen molar-refractivity contribution in [2.45, 2.75) is 13.5 Å². The molecule has 0 aliphatic carbocycles. The lowest BCUT2D eigenvalue weighted by molar-refractivity contribution is 0.302. The van der Waals surface area contributed by atoms with Crippen LogP contribution in [-0.4, -0.2) is 24.7 Å². The molecule has 0 spiro atoms.